The molecule has 0 spiro atoms. The molecule has 25 heavy (non-hydrogen) atoms. The standard InChI is InChI=1S/C22H35NO2/c1-3-4-5-6-9-14-25-20-12-13-21-18(15-20)10-7-8-11-19(21)16-22(2,23)17-24/h7-8,12-13,15,19,24H,3-6,9-11,14,16-17,23H2,1-2H3/t19-,22+/m0/s1. The summed E-state index contributed by atoms with van der Waals surface area (Å²) in [6, 6.07) is 6.49. The zero-order valence-corrected chi connectivity index (χ0v) is 16.0. The number of unbranched alkanes of at least 4 members (excludes halogenated alkanes) is 4. The molecule has 0 radical (unpaired) electrons. The maximum absolute atomic E-state index is 9.50. The van der Waals surface area contributed by atoms with Crippen LogP contribution in [0.4, 0.5) is 0 Å². The molecule has 0 fully saturated rings. The molecule has 0 aliphatic heterocycles. The Morgan fingerprint density at radius 3 is 2.76 bits per heavy atom. The van der Waals surface area contributed by atoms with Gasteiger partial charge in [-0.2, -0.15) is 0 Å². The largest absolute Gasteiger partial charge is 0.494 e. The summed E-state index contributed by atoms with van der Waals surface area (Å²) in [6.07, 6.45) is 13.5. The molecular weight excluding hydrogens is 310 g/mol. The van der Waals surface area contributed by atoms with E-state index in [9.17, 15) is 5.11 Å². The molecule has 3 nitrogen and oxygen atoms in total. The molecule has 1 aliphatic carbocycles. The van der Waals surface area contributed by atoms with E-state index in [1.807, 2.05) is 6.92 Å². The van der Waals surface area contributed by atoms with Gasteiger partial charge < -0.3 is 15.6 Å². The van der Waals surface area contributed by atoms with Gasteiger partial charge in [-0.15, -0.1) is 0 Å². The van der Waals surface area contributed by atoms with Gasteiger partial charge in [-0.3, -0.25) is 0 Å². The van der Waals surface area contributed by atoms with Crippen molar-refractivity contribution in [1.29, 1.82) is 0 Å². The predicted molar refractivity (Wildman–Crippen MR) is 105 cm³/mol. The van der Waals surface area contributed by atoms with Crippen molar-refractivity contribution in [2.24, 2.45) is 5.73 Å². The molecule has 1 aromatic rings. The Labute approximate surface area is 153 Å². The lowest BCUT2D eigenvalue weighted by atomic mass is 9.82. The summed E-state index contributed by atoms with van der Waals surface area (Å²) in [5.74, 6) is 1.33. The van der Waals surface area contributed by atoms with Gasteiger partial charge in [-0.05, 0) is 61.8 Å². The summed E-state index contributed by atoms with van der Waals surface area (Å²) >= 11 is 0. The summed E-state index contributed by atoms with van der Waals surface area (Å²) in [6.45, 7) is 4.98. The van der Waals surface area contributed by atoms with Crippen LogP contribution in [0.15, 0.2) is 30.4 Å². The minimum atomic E-state index is -0.534. The van der Waals surface area contributed by atoms with E-state index in [2.05, 4.69) is 37.3 Å². The number of allylic oxidation sites excluding steroid dienone is 2. The topological polar surface area (TPSA) is 55.5 Å². The van der Waals surface area contributed by atoms with Crippen LogP contribution in [0.25, 0.3) is 0 Å². The first-order valence-corrected chi connectivity index (χ1v) is 9.86. The first-order valence-electron chi connectivity index (χ1n) is 9.86. The zero-order chi connectivity index (χ0) is 18.1. The third-order valence-corrected chi connectivity index (χ3v) is 5.07. The van der Waals surface area contributed by atoms with Gasteiger partial charge in [0.1, 0.15) is 5.75 Å². The quantitative estimate of drug-likeness (QED) is 0.476. The van der Waals surface area contributed by atoms with E-state index < -0.39 is 5.54 Å². The molecule has 140 valence electrons. The second-order valence-corrected chi connectivity index (χ2v) is 7.75. The van der Waals surface area contributed by atoms with Crippen molar-refractivity contribution in [2.45, 2.75) is 76.7 Å². The summed E-state index contributed by atoms with van der Waals surface area (Å²) < 4.78 is 5.96. The Kier molecular flexibility index (Phi) is 7.98. The minimum absolute atomic E-state index is 0.0156. The summed E-state index contributed by atoms with van der Waals surface area (Å²) in [4.78, 5) is 0. The Bertz CT molecular complexity index is 551. The van der Waals surface area contributed by atoms with E-state index in [1.54, 1.807) is 0 Å². The van der Waals surface area contributed by atoms with Crippen molar-refractivity contribution in [3.63, 3.8) is 0 Å². The van der Waals surface area contributed by atoms with E-state index >= 15 is 0 Å². The first-order chi connectivity index (χ1) is 12.1. The van der Waals surface area contributed by atoms with Crippen molar-refractivity contribution in [3.8, 4) is 5.75 Å². The molecule has 0 unspecified atom stereocenters. The molecule has 0 aromatic heterocycles. The van der Waals surface area contributed by atoms with Gasteiger partial charge in [0, 0.05) is 5.54 Å². The molecule has 0 saturated carbocycles. The molecule has 2 rings (SSSR count). The van der Waals surface area contributed by atoms with Crippen molar-refractivity contribution in [1.82, 2.24) is 0 Å². The Hall–Kier alpha value is -1.32. The number of aliphatic hydroxyl groups is 1. The maximum atomic E-state index is 9.50. The van der Waals surface area contributed by atoms with Crippen LogP contribution in [0.3, 0.4) is 0 Å². The van der Waals surface area contributed by atoms with Crippen LogP contribution in [-0.2, 0) is 6.42 Å². The summed E-state index contributed by atoms with van der Waals surface area (Å²) in [7, 11) is 0. The van der Waals surface area contributed by atoms with Crippen molar-refractivity contribution in [2.75, 3.05) is 13.2 Å². The van der Waals surface area contributed by atoms with E-state index in [4.69, 9.17) is 10.5 Å². The van der Waals surface area contributed by atoms with E-state index in [-0.39, 0.29) is 6.61 Å². The molecule has 1 aromatic carbocycles. The first kappa shape index (κ1) is 20.0. The molecule has 3 heteroatoms. The SMILES string of the molecule is CCCCCCCOc1ccc2c(c1)CC=CC[C@H]2C[C@@](C)(N)CO. The Balaban J connectivity index is 1.97. The number of aliphatic hydroxyl groups excluding tert-OH is 1. The van der Waals surface area contributed by atoms with Crippen molar-refractivity contribution < 1.29 is 9.84 Å². The molecule has 2 atom stereocenters. The molecule has 0 saturated heterocycles. The number of fused-ring (bicyclic) bond motifs is 1. The van der Waals surface area contributed by atoms with Crippen LogP contribution in [-0.4, -0.2) is 23.9 Å². The molecule has 3 N–H and O–H groups in total. The van der Waals surface area contributed by atoms with E-state index in [0.717, 1.165) is 38.0 Å². The zero-order valence-electron chi connectivity index (χ0n) is 16.0. The minimum Gasteiger partial charge on any atom is -0.494 e. The average Bonchev–Trinajstić information content (AvgIpc) is 2.79. The third kappa shape index (κ3) is 6.48. The predicted octanol–water partition coefficient (Wildman–Crippen LogP) is 4.72. The highest BCUT2D eigenvalue weighted by Gasteiger charge is 2.26. The number of hydrogen-bond acceptors (Lipinski definition) is 3. The van der Waals surface area contributed by atoms with Gasteiger partial charge in [0.2, 0.25) is 0 Å². The fraction of sp³-hybridized carbons (Fsp3) is 0.636. The smallest absolute Gasteiger partial charge is 0.119 e. The molecule has 1 aliphatic rings. The molecule has 0 bridgehead atoms. The van der Waals surface area contributed by atoms with Crippen LogP contribution in [0, 0.1) is 0 Å². The van der Waals surface area contributed by atoms with Gasteiger partial charge in [0.15, 0.2) is 0 Å². The fourth-order valence-corrected chi connectivity index (χ4v) is 3.56. The van der Waals surface area contributed by atoms with Crippen molar-refractivity contribution >= 4 is 0 Å². The fourth-order valence-electron chi connectivity index (χ4n) is 3.56. The van der Waals surface area contributed by atoms with Gasteiger partial charge in [-0.1, -0.05) is 50.8 Å². The summed E-state index contributed by atoms with van der Waals surface area (Å²) in [5.41, 5.74) is 8.35. The van der Waals surface area contributed by atoms with Crippen LogP contribution < -0.4 is 10.5 Å². The maximum Gasteiger partial charge on any atom is 0.119 e. The second kappa shape index (κ2) is 9.98. The number of benzene rings is 1. The monoisotopic (exact) mass is 345 g/mol. The van der Waals surface area contributed by atoms with Crippen LogP contribution in [0.5, 0.6) is 5.75 Å². The van der Waals surface area contributed by atoms with Crippen LogP contribution >= 0.6 is 0 Å². The number of rotatable bonds is 10. The Morgan fingerprint density at radius 2 is 2.00 bits per heavy atom. The van der Waals surface area contributed by atoms with Crippen LogP contribution in [0.2, 0.25) is 0 Å². The highest BCUT2D eigenvalue weighted by atomic mass is 16.5. The highest BCUT2D eigenvalue weighted by molar-refractivity contribution is 5.40. The summed E-state index contributed by atoms with van der Waals surface area (Å²) in [5, 5.41) is 9.50. The molecule has 0 amide bonds. The molecule has 0 heterocycles. The average molecular weight is 346 g/mol. The van der Waals surface area contributed by atoms with Gasteiger partial charge in [0.25, 0.3) is 0 Å². The third-order valence-electron chi connectivity index (χ3n) is 5.07. The van der Waals surface area contributed by atoms with Gasteiger partial charge in [-0.25, -0.2) is 0 Å². The number of ether oxygens (including phenoxy) is 1. The second-order valence-electron chi connectivity index (χ2n) is 7.75. The van der Waals surface area contributed by atoms with Gasteiger partial charge in [0.05, 0.1) is 13.2 Å². The van der Waals surface area contributed by atoms with E-state index in [0.29, 0.717) is 5.92 Å². The lowest BCUT2D eigenvalue weighted by Crippen LogP contribution is -2.41. The highest BCUT2D eigenvalue weighted by Crippen LogP contribution is 2.35. The molecular formula is C22H35NO2. The lowest BCUT2D eigenvalue weighted by Gasteiger charge is -2.28. The normalized spacial score (nSPS) is 19.1. The lowest BCUT2D eigenvalue weighted by molar-refractivity contribution is 0.192. The van der Waals surface area contributed by atoms with Crippen LogP contribution in [0.1, 0.15) is 75.8 Å². The van der Waals surface area contributed by atoms with Gasteiger partial charge >= 0.3 is 0 Å². The van der Waals surface area contributed by atoms with Crippen molar-refractivity contribution in [3.05, 3.63) is 41.5 Å². The number of nitrogens with two attached hydrogens (primary N) is 1. The van der Waals surface area contributed by atoms with E-state index in [1.165, 1.54) is 36.8 Å². The number of hydrogen-bond donors (Lipinski definition) is 2. The Morgan fingerprint density at radius 1 is 1.20 bits per heavy atom.